The third-order valence-electron chi connectivity index (χ3n) is 2.96. The van der Waals surface area contributed by atoms with Crippen molar-refractivity contribution < 1.29 is 0 Å². The van der Waals surface area contributed by atoms with Gasteiger partial charge >= 0.3 is 0 Å². The quantitative estimate of drug-likeness (QED) is 0.652. The molecule has 2 aromatic rings. The number of nitrogens with two attached hydrogens (primary N) is 1. The Kier molecular flexibility index (Phi) is 3.44. The molecule has 0 bridgehead atoms. The van der Waals surface area contributed by atoms with Crippen LogP contribution in [0, 0.1) is 19.3 Å². The normalized spacial score (nSPS) is 10.5. The fraction of sp³-hybridized carbons (Fsp3) is 0.143. The molecule has 19 heavy (non-hydrogen) atoms. The first-order chi connectivity index (χ1) is 8.90. The van der Waals surface area contributed by atoms with E-state index in [1.807, 2.05) is 36.6 Å². The van der Waals surface area contributed by atoms with Gasteiger partial charge in [-0.05, 0) is 31.5 Å². The molecule has 0 aliphatic carbocycles. The zero-order chi connectivity index (χ0) is 14.2. The molecule has 4 nitrogen and oxygen atoms in total. The van der Waals surface area contributed by atoms with Crippen LogP contribution in [0.3, 0.4) is 0 Å². The zero-order valence-corrected chi connectivity index (χ0v) is 11.5. The van der Waals surface area contributed by atoms with Crippen molar-refractivity contribution in [2.24, 2.45) is 5.73 Å². The second-order valence-corrected chi connectivity index (χ2v) is 4.84. The fourth-order valence-electron chi connectivity index (χ4n) is 1.94. The number of nitrogens with one attached hydrogen (secondary N) is 1. The first-order valence-electron chi connectivity index (χ1n) is 5.74. The number of pyridine rings is 1. The maximum Gasteiger partial charge on any atom is 0.192 e. The minimum atomic E-state index is -0.249. The van der Waals surface area contributed by atoms with Gasteiger partial charge in [0.15, 0.2) is 5.43 Å². The lowest BCUT2D eigenvalue weighted by molar-refractivity contribution is 0.958. The molecule has 0 atom stereocenters. The van der Waals surface area contributed by atoms with Crippen molar-refractivity contribution in [3.8, 4) is 5.69 Å². The van der Waals surface area contributed by atoms with Gasteiger partial charge in [-0.25, -0.2) is 0 Å². The standard InChI is InChI=1S/C14H14ClN3O/c1-8-3-4-10(15)6-12(8)18-7-11(14(16)17)13(19)5-9(18)2/h3-7H,1-2H3,(H3,16,17). The van der Waals surface area contributed by atoms with E-state index >= 15 is 0 Å². The number of halogens is 1. The molecule has 0 unspecified atom stereocenters. The summed E-state index contributed by atoms with van der Waals surface area (Å²) in [6, 6.07) is 7.00. The minimum absolute atomic E-state index is 0.185. The van der Waals surface area contributed by atoms with Crippen molar-refractivity contribution in [1.29, 1.82) is 5.41 Å². The van der Waals surface area contributed by atoms with Gasteiger partial charge in [-0.2, -0.15) is 0 Å². The van der Waals surface area contributed by atoms with Crippen LogP contribution in [0.5, 0.6) is 0 Å². The van der Waals surface area contributed by atoms with Crippen molar-refractivity contribution in [3.05, 3.63) is 62.5 Å². The van der Waals surface area contributed by atoms with E-state index in [-0.39, 0.29) is 16.8 Å². The predicted octanol–water partition coefficient (Wildman–Crippen LogP) is 2.39. The number of amidine groups is 1. The summed E-state index contributed by atoms with van der Waals surface area (Å²) in [5, 5.41) is 8.05. The summed E-state index contributed by atoms with van der Waals surface area (Å²) in [7, 11) is 0. The maximum absolute atomic E-state index is 11.8. The number of benzene rings is 1. The lowest BCUT2D eigenvalue weighted by Gasteiger charge is -2.15. The molecule has 1 aromatic heterocycles. The smallest absolute Gasteiger partial charge is 0.192 e. The maximum atomic E-state index is 11.8. The molecule has 0 spiro atoms. The largest absolute Gasteiger partial charge is 0.384 e. The first kappa shape index (κ1) is 13.4. The Morgan fingerprint density at radius 2 is 2.00 bits per heavy atom. The highest BCUT2D eigenvalue weighted by atomic mass is 35.5. The number of hydrogen-bond acceptors (Lipinski definition) is 2. The predicted molar refractivity (Wildman–Crippen MR) is 77.5 cm³/mol. The molecule has 1 heterocycles. The van der Waals surface area contributed by atoms with Gasteiger partial charge in [0.1, 0.15) is 5.84 Å². The van der Waals surface area contributed by atoms with Crippen LogP contribution in [0.25, 0.3) is 5.69 Å². The Hall–Kier alpha value is -2.07. The minimum Gasteiger partial charge on any atom is -0.384 e. The van der Waals surface area contributed by atoms with Crippen molar-refractivity contribution in [2.75, 3.05) is 0 Å². The SMILES string of the molecule is Cc1ccc(Cl)cc1-n1cc(C(=N)N)c(=O)cc1C. The summed E-state index contributed by atoms with van der Waals surface area (Å²) in [6.07, 6.45) is 1.58. The molecule has 0 amide bonds. The first-order valence-corrected chi connectivity index (χ1v) is 6.12. The third-order valence-corrected chi connectivity index (χ3v) is 3.20. The number of nitrogens with zero attached hydrogens (tertiary/aromatic N) is 1. The number of hydrogen-bond donors (Lipinski definition) is 2. The molecule has 3 N–H and O–H groups in total. The molecule has 0 fully saturated rings. The van der Waals surface area contributed by atoms with E-state index < -0.39 is 0 Å². The van der Waals surface area contributed by atoms with Crippen LogP contribution in [0.2, 0.25) is 5.02 Å². The highest BCUT2D eigenvalue weighted by Gasteiger charge is 2.09. The Labute approximate surface area is 116 Å². The van der Waals surface area contributed by atoms with E-state index in [2.05, 4.69) is 0 Å². The Bertz CT molecular complexity index is 719. The topological polar surface area (TPSA) is 71.9 Å². The lowest BCUT2D eigenvalue weighted by Crippen LogP contribution is -2.24. The van der Waals surface area contributed by atoms with Gasteiger partial charge in [-0.3, -0.25) is 10.2 Å². The third kappa shape index (κ3) is 2.53. The van der Waals surface area contributed by atoms with Crippen LogP contribution in [-0.4, -0.2) is 10.4 Å². The molecule has 0 saturated heterocycles. The van der Waals surface area contributed by atoms with Crippen LogP contribution in [0.1, 0.15) is 16.8 Å². The molecule has 98 valence electrons. The van der Waals surface area contributed by atoms with Gasteiger partial charge in [0, 0.05) is 28.7 Å². The second-order valence-electron chi connectivity index (χ2n) is 4.41. The lowest BCUT2D eigenvalue weighted by atomic mass is 10.1. The molecule has 0 aliphatic rings. The summed E-state index contributed by atoms with van der Waals surface area (Å²) in [5.74, 6) is -0.238. The summed E-state index contributed by atoms with van der Waals surface area (Å²) >= 11 is 6.01. The molecular weight excluding hydrogens is 262 g/mol. The van der Waals surface area contributed by atoms with Gasteiger partial charge in [-0.1, -0.05) is 17.7 Å². The Morgan fingerprint density at radius 3 is 2.63 bits per heavy atom. The summed E-state index contributed by atoms with van der Waals surface area (Å²) in [5.41, 5.74) is 8.01. The molecule has 0 aliphatic heterocycles. The summed E-state index contributed by atoms with van der Waals surface area (Å²) in [4.78, 5) is 11.8. The van der Waals surface area contributed by atoms with E-state index in [1.54, 1.807) is 6.20 Å². The highest BCUT2D eigenvalue weighted by molar-refractivity contribution is 6.30. The van der Waals surface area contributed by atoms with E-state index in [9.17, 15) is 4.79 Å². The highest BCUT2D eigenvalue weighted by Crippen LogP contribution is 2.20. The molecule has 5 heteroatoms. The average Bonchev–Trinajstić information content (AvgIpc) is 2.32. The van der Waals surface area contributed by atoms with Crippen molar-refractivity contribution in [1.82, 2.24) is 4.57 Å². The van der Waals surface area contributed by atoms with E-state index in [0.29, 0.717) is 5.02 Å². The zero-order valence-electron chi connectivity index (χ0n) is 10.7. The molecule has 1 aromatic carbocycles. The number of aryl methyl sites for hydroxylation is 2. The van der Waals surface area contributed by atoms with E-state index in [1.165, 1.54) is 6.07 Å². The van der Waals surface area contributed by atoms with Crippen LogP contribution in [0.4, 0.5) is 0 Å². The monoisotopic (exact) mass is 275 g/mol. The number of rotatable bonds is 2. The average molecular weight is 276 g/mol. The second kappa shape index (κ2) is 4.90. The van der Waals surface area contributed by atoms with E-state index in [0.717, 1.165) is 16.9 Å². The van der Waals surface area contributed by atoms with Gasteiger partial charge < -0.3 is 10.3 Å². The summed E-state index contributed by atoms with van der Waals surface area (Å²) < 4.78 is 1.82. The van der Waals surface area contributed by atoms with Gasteiger partial charge in [0.25, 0.3) is 0 Å². The number of nitrogen functional groups attached to an aromatic ring is 1. The van der Waals surface area contributed by atoms with E-state index in [4.69, 9.17) is 22.7 Å². The molecule has 0 saturated carbocycles. The van der Waals surface area contributed by atoms with Crippen molar-refractivity contribution in [3.63, 3.8) is 0 Å². The molecule has 2 rings (SSSR count). The van der Waals surface area contributed by atoms with Gasteiger partial charge in [-0.15, -0.1) is 0 Å². The Balaban J connectivity index is 2.75. The molecule has 0 radical (unpaired) electrons. The van der Waals surface area contributed by atoms with Gasteiger partial charge in [0.2, 0.25) is 0 Å². The van der Waals surface area contributed by atoms with Crippen molar-refractivity contribution >= 4 is 17.4 Å². The van der Waals surface area contributed by atoms with Crippen LogP contribution in [-0.2, 0) is 0 Å². The van der Waals surface area contributed by atoms with Crippen LogP contribution in [0.15, 0.2) is 35.3 Å². The van der Waals surface area contributed by atoms with Crippen molar-refractivity contribution in [2.45, 2.75) is 13.8 Å². The summed E-state index contributed by atoms with van der Waals surface area (Å²) in [6.45, 7) is 3.78. The van der Waals surface area contributed by atoms with Crippen LogP contribution < -0.4 is 11.2 Å². The Morgan fingerprint density at radius 1 is 1.32 bits per heavy atom. The van der Waals surface area contributed by atoms with Crippen LogP contribution >= 0.6 is 11.6 Å². The van der Waals surface area contributed by atoms with Gasteiger partial charge in [0.05, 0.1) is 5.56 Å². The molecular formula is C14H14ClN3O. The fourth-order valence-corrected chi connectivity index (χ4v) is 2.10. The number of aromatic nitrogens is 1.